The van der Waals surface area contributed by atoms with Gasteiger partial charge in [0.1, 0.15) is 0 Å². The standard InChI is InChI=1S/C29H54N2O/c1-19(2)7-6-8-20(3)23-9-10-24-22-18-27(32)26-17-21(31-16-15-30)11-13-29(26,5)25(22)12-14-28(23,24)4/h19-27,31-32H,6-18,30H2,1-5H3. The molecule has 186 valence electrons. The van der Waals surface area contributed by atoms with Crippen LogP contribution in [0.3, 0.4) is 0 Å². The fourth-order valence-electron chi connectivity index (χ4n) is 9.80. The summed E-state index contributed by atoms with van der Waals surface area (Å²) in [6, 6.07) is 0.555. The molecule has 0 amide bonds. The zero-order valence-corrected chi connectivity index (χ0v) is 21.9. The largest absolute Gasteiger partial charge is 0.393 e. The van der Waals surface area contributed by atoms with Crippen molar-refractivity contribution in [2.45, 2.75) is 117 Å². The number of nitrogens with two attached hydrogens (primary N) is 1. The Kier molecular flexibility index (Phi) is 7.70. The van der Waals surface area contributed by atoms with E-state index in [0.29, 0.717) is 29.3 Å². The molecule has 0 spiro atoms. The van der Waals surface area contributed by atoms with Crippen LogP contribution in [0.15, 0.2) is 0 Å². The summed E-state index contributed by atoms with van der Waals surface area (Å²) in [6.45, 7) is 14.1. The minimum atomic E-state index is -0.103. The van der Waals surface area contributed by atoms with E-state index in [1.807, 2.05) is 0 Å². The molecule has 0 bridgehead atoms. The van der Waals surface area contributed by atoms with Crippen LogP contribution in [0.1, 0.15) is 105 Å². The summed E-state index contributed by atoms with van der Waals surface area (Å²) in [5.74, 6) is 5.51. The molecule has 4 aliphatic carbocycles. The van der Waals surface area contributed by atoms with Crippen LogP contribution in [0.2, 0.25) is 0 Å². The van der Waals surface area contributed by atoms with E-state index >= 15 is 0 Å². The van der Waals surface area contributed by atoms with Crippen LogP contribution < -0.4 is 11.1 Å². The molecule has 0 radical (unpaired) electrons. The zero-order chi connectivity index (χ0) is 23.1. The third-order valence-corrected chi connectivity index (χ3v) is 11.5. The average Bonchev–Trinajstić information content (AvgIpc) is 3.10. The minimum Gasteiger partial charge on any atom is -0.393 e. The molecule has 0 aliphatic heterocycles. The van der Waals surface area contributed by atoms with E-state index in [-0.39, 0.29) is 6.10 Å². The third kappa shape index (κ3) is 4.44. The molecule has 0 heterocycles. The van der Waals surface area contributed by atoms with Gasteiger partial charge in [-0.15, -0.1) is 0 Å². The van der Waals surface area contributed by atoms with Gasteiger partial charge in [-0.2, -0.15) is 0 Å². The van der Waals surface area contributed by atoms with Crippen molar-refractivity contribution in [3.05, 3.63) is 0 Å². The number of nitrogens with one attached hydrogen (secondary N) is 1. The van der Waals surface area contributed by atoms with Crippen LogP contribution in [0, 0.1) is 52.3 Å². The topological polar surface area (TPSA) is 58.3 Å². The highest BCUT2D eigenvalue weighted by Crippen LogP contribution is 2.68. The molecular weight excluding hydrogens is 392 g/mol. The van der Waals surface area contributed by atoms with Gasteiger partial charge < -0.3 is 16.2 Å². The van der Waals surface area contributed by atoms with Crippen molar-refractivity contribution in [1.29, 1.82) is 0 Å². The van der Waals surface area contributed by atoms with E-state index < -0.39 is 0 Å². The number of rotatable bonds is 8. The first-order valence-electron chi connectivity index (χ1n) is 14.3. The van der Waals surface area contributed by atoms with Crippen LogP contribution in [0.25, 0.3) is 0 Å². The summed E-state index contributed by atoms with van der Waals surface area (Å²) in [5, 5.41) is 15.1. The van der Waals surface area contributed by atoms with Gasteiger partial charge in [0, 0.05) is 19.1 Å². The molecule has 3 nitrogen and oxygen atoms in total. The summed E-state index contributed by atoms with van der Waals surface area (Å²) in [6.07, 6.45) is 14.6. The Morgan fingerprint density at radius 1 is 0.906 bits per heavy atom. The lowest BCUT2D eigenvalue weighted by Gasteiger charge is -2.62. The van der Waals surface area contributed by atoms with Crippen LogP contribution in [-0.4, -0.2) is 30.3 Å². The monoisotopic (exact) mass is 446 g/mol. The zero-order valence-electron chi connectivity index (χ0n) is 21.9. The van der Waals surface area contributed by atoms with Gasteiger partial charge in [-0.3, -0.25) is 0 Å². The van der Waals surface area contributed by atoms with Gasteiger partial charge in [0.25, 0.3) is 0 Å². The van der Waals surface area contributed by atoms with E-state index in [0.717, 1.165) is 54.9 Å². The van der Waals surface area contributed by atoms with Crippen LogP contribution in [0.5, 0.6) is 0 Å². The third-order valence-electron chi connectivity index (χ3n) is 11.5. The summed E-state index contributed by atoms with van der Waals surface area (Å²) < 4.78 is 0. The Morgan fingerprint density at radius 3 is 2.34 bits per heavy atom. The van der Waals surface area contributed by atoms with E-state index in [1.54, 1.807) is 0 Å². The predicted molar refractivity (Wildman–Crippen MR) is 135 cm³/mol. The molecule has 3 heteroatoms. The lowest BCUT2D eigenvalue weighted by Crippen LogP contribution is -2.59. The van der Waals surface area contributed by atoms with E-state index in [1.165, 1.54) is 57.8 Å². The molecule has 4 rings (SSSR count). The van der Waals surface area contributed by atoms with Gasteiger partial charge in [0.2, 0.25) is 0 Å². The molecule has 0 aromatic carbocycles. The second-order valence-corrected chi connectivity index (χ2v) is 13.5. The fraction of sp³-hybridized carbons (Fsp3) is 1.00. The Morgan fingerprint density at radius 2 is 1.62 bits per heavy atom. The molecule has 4 aliphatic rings. The predicted octanol–water partition coefficient (Wildman–Crippen LogP) is 6.00. The number of aliphatic hydroxyl groups excluding tert-OH is 1. The highest BCUT2D eigenvalue weighted by Gasteiger charge is 2.62. The normalized spacial score (nSPS) is 47.1. The maximum Gasteiger partial charge on any atom is 0.0577 e. The molecule has 10 atom stereocenters. The summed E-state index contributed by atoms with van der Waals surface area (Å²) in [4.78, 5) is 0. The Bertz CT molecular complexity index is 622. The molecule has 4 fully saturated rings. The number of hydrogen-bond donors (Lipinski definition) is 3. The van der Waals surface area contributed by atoms with E-state index in [9.17, 15) is 5.11 Å². The Balaban J connectivity index is 1.45. The Labute approximate surface area is 199 Å². The van der Waals surface area contributed by atoms with Crippen LogP contribution in [0.4, 0.5) is 0 Å². The summed E-state index contributed by atoms with van der Waals surface area (Å²) in [5.41, 5.74) is 6.59. The number of aliphatic hydroxyl groups is 1. The summed E-state index contributed by atoms with van der Waals surface area (Å²) in [7, 11) is 0. The van der Waals surface area contributed by atoms with Gasteiger partial charge in [-0.05, 0) is 104 Å². The quantitative estimate of drug-likeness (QED) is 0.429. The highest BCUT2D eigenvalue weighted by molar-refractivity contribution is 5.11. The summed E-state index contributed by atoms with van der Waals surface area (Å²) >= 11 is 0. The minimum absolute atomic E-state index is 0.103. The molecule has 32 heavy (non-hydrogen) atoms. The first-order chi connectivity index (χ1) is 15.2. The lowest BCUT2D eigenvalue weighted by atomic mass is 9.43. The maximum atomic E-state index is 11.4. The van der Waals surface area contributed by atoms with Crippen molar-refractivity contribution in [3.63, 3.8) is 0 Å². The van der Waals surface area contributed by atoms with Crippen LogP contribution >= 0.6 is 0 Å². The van der Waals surface area contributed by atoms with Gasteiger partial charge >= 0.3 is 0 Å². The lowest BCUT2D eigenvalue weighted by molar-refractivity contribution is -0.162. The van der Waals surface area contributed by atoms with Crippen LogP contribution in [-0.2, 0) is 0 Å². The molecule has 0 aromatic heterocycles. The van der Waals surface area contributed by atoms with Crippen molar-refractivity contribution in [2.75, 3.05) is 13.1 Å². The SMILES string of the molecule is CC(C)CCCC(C)C1CCC2C3CC(O)C4CC(NCCN)CCC4(C)C3CCC12C. The van der Waals surface area contributed by atoms with Crippen molar-refractivity contribution >= 4 is 0 Å². The second kappa shape index (κ2) is 9.86. The fourth-order valence-corrected chi connectivity index (χ4v) is 9.80. The van der Waals surface area contributed by atoms with Gasteiger partial charge in [-0.1, -0.05) is 53.9 Å². The molecular formula is C29H54N2O. The average molecular weight is 447 g/mol. The van der Waals surface area contributed by atoms with Gasteiger partial charge in [0.15, 0.2) is 0 Å². The van der Waals surface area contributed by atoms with Gasteiger partial charge in [0.05, 0.1) is 6.10 Å². The Hall–Kier alpha value is -0.120. The van der Waals surface area contributed by atoms with Crippen molar-refractivity contribution in [1.82, 2.24) is 5.32 Å². The molecule has 4 N–H and O–H groups in total. The number of fused-ring (bicyclic) bond motifs is 5. The first kappa shape index (κ1) is 25.0. The van der Waals surface area contributed by atoms with E-state index in [2.05, 4.69) is 39.9 Å². The smallest absolute Gasteiger partial charge is 0.0577 e. The number of hydrogen-bond acceptors (Lipinski definition) is 3. The molecule has 0 saturated heterocycles. The van der Waals surface area contributed by atoms with Crippen molar-refractivity contribution < 1.29 is 5.11 Å². The highest BCUT2D eigenvalue weighted by atomic mass is 16.3. The van der Waals surface area contributed by atoms with E-state index in [4.69, 9.17) is 5.73 Å². The van der Waals surface area contributed by atoms with Gasteiger partial charge in [-0.25, -0.2) is 0 Å². The van der Waals surface area contributed by atoms with Crippen molar-refractivity contribution in [2.24, 2.45) is 58.0 Å². The first-order valence-corrected chi connectivity index (χ1v) is 14.3. The molecule has 4 saturated carbocycles. The maximum absolute atomic E-state index is 11.4. The molecule has 0 aromatic rings. The second-order valence-electron chi connectivity index (χ2n) is 13.5. The molecule has 10 unspecified atom stereocenters. The van der Waals surface area contributed by atoms with Crippen molar-refractivity contribution in [3.8, 4) is 0 Å².